The van der Waals surface area contributed by atoms with Crippen LogP contribution < -0.4 is 4.90 Å². The highest BCUT2D eigenvalue weighted by molar-refractivity contribution is 5.91. The summed E-state index contributed by atoms with van der Waals surface area (Å²) >= 11 is 0. The van der Waals surface area contributed by atoms with Gasteiger partial charge >= 0.3 is 0 Å². The number of hydrogen-bond donors (Lipinski definition) is 0. The molecule has 3 aromatic rings. The van der Waals surface area contributed by atoms with Crippen molar-refractivity contribution >= 4 is 16.6 Å². The highest BCUT2D eigenvalue weighted by Gasteiger charge is 2.23. The van der Waals surface area contributed by atoms with Gasteiger partial charge in [0.15, 0.2) is 0 Å². The van der Waals surface area contributed by atoms with Crippen LogP contribution in [0, 0.1) is 0 Å². The zero-order valence-corrected chi connectivity index (χ0v) is 15.0. The molecule has 0 N–H and O–H groups in total. The first kappa shape index (κ1) is 15.8. The van der Waals surface area contributed by atoms with E-state index in [9.17, 15) is 0 Å². The van der Waals surface area contributed by atoms with E-state index >= 15 is 0 Å². The van der Waals surface area contributed by atoms with Crippen LogP contribution in [0.25, 0.3) is 10.9 Å². The lowest BCUT2D eigenvalue weighted by Crippen LogP contribution is -2.49. The maximum Gasteiger partial charge on any atom is 0.0722 e. The monoisotopic (exact) mass is 344 g/mol. The fraction of sp³-hybridized carbons (Fsp3) is 0.318. The van der Waals surface area contributed by atoms with Gasteiger partial charge in [-0.3, -0.25) is 14.8 Å². The summed E-state index contributed by atoms with van der Waals surface area (Å²) < 4.78 is 0. The van der Waals surface area contributed by atoms with Crippen LogP contribution in [0.2, 0.25) is 0 Å². The average Bonchev–Trinajstić information content (AvgIpc) is 3.10. The molecule has 4 nitrogen and oxygen atoms in total. The van der Waals surface area contributed by atoms with Gasteiger partial charge in [0.05, 0.1) is 12.2 Å². The number of aromatic nitrogens is 1. The second-order valence-electron chi connectivity index (χ2n) is 7.35. The topological polar surface area (TPSA) is 22.6 Å². The Morgan fingerprint density at radius 1 is 0.731 bits per heavy atom. The minimum Gasteiger partial charge on any atom is -0.368 e. The standard InChI is InChI=1S/C22H24N4/c1-2-6-19-16-25(15-18(19)5-1)17-24-11-13-26(14-12-24)22-9-10-23-21-8-4-3-7-20(21)22/h1-10H,11-17H2. The smallest absolute Gasteiger partial charge is 0.0722 e. The van der Waals surface area contributed by atoms with E-state index in [0.717, 1.165) is 51.5 Å². The lowest BCUT2D eigenvalue weighted by molar-refractivity contribution is 0.124. The summed E-state index contributed by atoms with van der Waals surface area (Å²) in [6.07, 6.45) is 1.94. The molecule has 4 heteroatoms. The first-order chi connectivity index (χ1) is 12.9. The molecule has 2 aliphatic rings. The van der Waals surface area contributed by atoms with Gasteiger partial charge in [0, 0.05) is 56.5 Å². The molecule has 0 radical (unpaired) electrons. The molecule has 1 saturated heterocycles. The van der Waals surface area contributed by atoms with E-state index in [1.807, 2.05) is 6.20 Å². The number of fused-ring (bicyclic) bond motifs is 2. The number of rotatable bonds is 3. The highest BCUT2D eigenvalue weighted by atomic mass is 15.4. The molecular weight excluding hydrogens is 320 g/mol. The van der Waals surface area contributed by atoms with Crippen LogP contribution in [0.5, 0.6) is 0 Å². The summed E-state index contributed by atoms with van der Waals surface area (Å²) in [4.78, 5) is 12.2. The highest BCUT2D eigenvalue weighted by Crippen LogP contribution is 2.27. The second kappa shape index (κ2) is 6.71. The van der Waals surface area contributed by atoms with Crippen molar-refractivity contribution in [3.63, 3.8) is 0 Å². The molecule has 0 amide bonds. The molecule has 3 heterocycles. The Kier molecular flexibility index (Phi) is 4.07. The van der Waals surface area contributed by atoms with Crippen LogP contribution in [0.3, 0.4) is 0 Å². The van der Waals surface area contributed by atoms with E-state index in [1.165, 1.54) is 22.2 Å². The van der Waals surface area contributed by atoms with E-state index in [2.05, 4.69) is 74.3 Å². The number of hydrogen-bond acceptors (Lipinski definition) is 4. The number of pyridine rings is 1. The quantitative estimate of drug-likeness (QED) is 0.727. The SMILES string of the molecule is c1ccc2c(c1)CN(CN1CCN(c3ccnc4ccccc34)CC1)C2. The van der Waals surface area contributed by atoms with Gasteiger partial charge in [0.1, 0.15) is 0 Å². The predicted molar refractivity (Wildman–Crippen MR) is 106 cm³/mol. The van der Waals surface area contributed by atoms with Gasteiger partial charge < -0.3 is 4.90 Å². The summed E-state index contributed by atoms with van der Waals surface area (Å²) in [6.45, 7) is 7.63. The summed E-state index contributed by atoms with van der Waals surface area (Å²) in [5.41, 5.74) is 5.40. The van der Waals surface area contributed by atoms with Gasteiger partial charge in [-0.25, -0.2) is 0 Å². The lowest BCUT2D eigenvalue weighted by atomic mass is 10.1. The fourth-order valence-corrected chi connectivity index (χ4v) is 4.27. The maximum absolute atomic E-state index is 4.50. The summed E-state index contributed by atoms with van der Waals surface area (Å²) in [6, 6.07) is 19.4. The molecule has 26 heavy (non-hydrogen) atoms. The Hall–Kier alpha value is -2.43. The van der Waals surface area contributed by atoms with Gasteiger partial charge in [0.2, 0.25) is 0 Å². The largest absolute Gasteiger partial charge is 0.368 e. The third kappa shape index (κ3) is 2.96. The first-order valence-corrected chi connectivity index (χ1v) is 9.47. The Morgan fingerprint density at radius 3 is 2.19 bits per heavy atom. The molecule has 2 aliphatic heterocycles. The van der Waals surface area contributed by atoms with Gasteiger partial charge in [-0.1, -0.05) is 42.5 Å². The lowest BCUT2D eigenvalue weighted by Gasteiger charge is -2.38. The molecule has 0 bridgehead atoms. The van der Waals surface area contributed by atoms with Gasteiger partial charge in [-0.05, 0) is 23.3 Å². The minimum atomic E-state index is 1.07. The number of nitrogens with zero attached hydrogens (tertiary/aromatic N) is 4. The minimum absolute atomic E-state index is 1.07. The van der Waals surface area contributed by atoms with Crippen LogP contribution in [-0.2, 0) is 13.1 Å². The van der Waals surface area contributed by atoms with Crippen molar-refractivity contribution in [2.75, 3.05) is 37.7 Å². The van der Waals surface area contributed by atoms with E-state index in [4.69, 9.17) is 0 Å². The fourth-order valence-electron chi connectivity index (χ4n) is 4.27. The van der Waals surface area contributed by atoms with Gasteiger partial charge in [-0.15, -0.1) is 0 Å². The van der Waals surface area contributed by atoms with Gasteiger partial charge in [0.25, 0.3) is 0 Å². The molecule has 0 saturated carbocycles. The molecule has 2 aromatic carbocycles. The zero-order valence-electron chi connectivity index (χ0n) is 15.0. The van der Waals surface area contributed by atoms with Crippen molar-refractivity contribution in [3.05, 3.63) is 71.9 Å². The number of anilines is 1. The molecule has 0 aliphatic carbocycles. The Bertz CT molecular complexity index is 884. The third-order valence-corrected chi connectivity index (χ3v) is 5.65. The molecule has 1 fully saturated rings. The van der Waals surface area contributed by atoms with Crippen LogP contribution >= 0.6 is 0 Å². The van der Waals surface area contributed by atoms with Crippen molar-refractivity contribution < 1.29 is 0 Å². The number of benzene rings is 2. The summed E-state index contributed by atoms with van der Waals surface area (Å²) in [7, 11) is 0. The van der Waals surface area contributed by atoms with Crippen LogP contribution in [-0.4, -0.2) is 47.6 Å². The summed E-state index contributed by atoms with van der Waals surface area (Å²) in [5, 5.41) is 1.26. The maximum atomic E-state index is 4.50. The molecule has 0 spiro atoms. The van der Waals surface area contributed by atoms with E-state index in [-0.39, 0.29) is 0 Å². The van der Waals surface area contributed by atoms with Crippen molar-refractivity contribution in [1.82, 2.24) is 14.8 Å². The molecule has 5 rings (SSSR count). The van der Waals surface area contributed by atoms with E-state index in [0.29, 0.717) is 0 Å². The molecule has 1 aromatic heterocycles. The zero-order chi connectivity index (χ0) is 17.3. The normalized spacial score (nSPS) is 18.4. The predicted octanol–water partition coefficient (Wildman–Crippen LogP) is 3.33. The number of para-hydroxylation sites is 1. The Labute approximate surface area is 154 Å². The molecule has 0 atom stereocenters. The van der Waals surface area contributed by atoms with Crippen LogP contribution in [0.4, 0.5) is 5.69 Å². The van der Waals surface area contributed by atoms with Crippen molar-refractivity contribution in [2.45, 2.75) is 13.1 Å². The van der Waals surface area contributed by atoms with Crippen LogP contribution in [0.15, 0.2) is 60.8 Å². The molecule has 0 unspecified atom stereocenters. The molecular formula is C22H24N4. The van der Waals surface area contributed by atoms with Crippen molar-refractivity contribution in [3.8, 4) is 0 Å². The second-order valence-corrected chi connectivity index (χ2v) is 7.35. The summed E-state index contributed by atoms with van der Waals surface area (Å²) in [5.74, 6) is 0. The first-order valence-electron chi connectivity index (χ1n) is 9.47. The Balaban J connectivity index is 1.23. The third-order valence-electron chi connectivity index (χ3n) is 5.65. The Morgan fingerprint density at radius 2 is 1.42 bits per heavy atom. The van der Waals surface area contributed by atoms with Crippen molar-refractivity contribution in [2.24, 2.45) is 0 Å². The van der Waals surface area contributed by atoms with Gasteiger partial charge in [-0.2, -0.15) is 0 Å². The average molecular weight is 344 g/mol. The number of piperazine rings is 1. The van der Waals surface area contributed by atoms with Crippen molar-refractivity contribution in [1.29, 1.82) is 0 Å². The van der Waals surface area contributed by atoms with E-state index in [1.54, 1.807) is 0 Å². The molecule has 132 valence electrons. The van der Waals surface area contributed by atoms with E-state index < -0.39 is 0 Å². The van der Waals surface area contributed by atoms with Crippen LogP contribution in [0.1, 0.15) is 11.1 Å².